The minimum Gasteiger partial charge on any atom is -0.445 e. The predicted molar refractivity (Wildman–Crippen MR) is 64.6 cm³/mol. The van der Waals surface area contributed by atoms with Crippen LogP contribution in [0.2, 0.25) is 0 Å². The lowest BCUT2D eigenvalue weighted by Crippen LogP contribution is -2.48. The number of carbonyl (C=O) groups excluding carboxylic acids is 2. The summed E-state index contributed by atoms with van der Waals surface area (Å²) in [6.07, 6.45) is -0.498. The number of likely N-dealkylation sites (tertiary alicyclic amines) is 1. The van der Waals surface area contributed by atoms with Crippen molar-refractivity contribution < 1.29 is 14.3 Å². The molecule has 2 amide bonds. The topological polar surface area (TPSA) is 58.6 Å². The van der Waals surface area contributed by atoms with Gasteiger partial charge in [0.05, 0.1) is 6.42 Å². The summed E-state index contributed by atoms with van der Waals surface area (Å²) in [6.45, 7) is 8.27. The van der Waals surface area contributed by atoms with E-state index in [1.807, 2.05) is 27.7 Å². The molecule has 0 bridgehead atoms. The Morgan fingerprint density at radius 1 is 1.47 bits per heavy atom. The van der Waals surface area contributed by atoms with Crippen LogP contribution in [0.3, 0.4) is 0 Å². The van der Waals surface area contributed by atoms with Gasteiger partial charge in [-0.3, -0.25) is 4.79 Å². The van der Waals surface area contributed by atoms with E-state index in [0.29, 0.717) is 6.54 Å². The number of hydrogen-bond acceptors (Lipinski definition) is 3. The molecule has 0 aliphatic carbocycles. The zero-order valence-corrected chi connectivity index (χ0v) is 11.2. The van der Waals surface area contributed by atoms with E-state index in [-0.39, 0.29) is 29.9 Å². The van der Waals surface area contributed by atoms with E-state index < -0.39 is 6.09 Å². The van der Waals surface area contributed by atoms with Gasteiger partial charge in [-0.2, -0.15) is 0 Å². The van der Waals surface area contributed by atoms with Gasteiger partial charge >= 0.3 is 6.09 Å². The Kier molecular flexibility index (Phi) is 4.01. The van der Waals surface area contributed by atoms with Gasteiger partial charge in [0, 0.05) is 25.0 Å². The Balaban J connectivity index is 2.51. The summed E-state index contributed by atoms with van der Waals surface area (Å²) < 4.78 is 5.30. The molecule has 0 saturated carbocycles. The third kappa shape index (κ3) is 4.24. The molecule has 1 rings (SSSR count). The van der Waals surface area contributed by atoms with Gasteiger partial charge < -0.3 is 15.0 Å². The third-order valence-corrected chi connectivity index (χ3v) is 2.73. The highest BCUT2D eigenvalue weighted by Gasteiger charge is 2.32. The van der Waals surface area contributed by atoms with Crippen LogP contribution in [0.5, 0.6) is 0 Å². The SMILES string of the molecule is C[C@H]1CN(C)C(=O)C[C@H]1OC(=O)NC(C)(C)C. The first-order chi connectivity index (χ1) is 7.69. The summed E-state index contributed by atoms with van der Waals surface area (Å²) in [5.74, 6) is 0.195. The molecule has 0 aromatic heterocycles. The summed E-state index contributed by atoms with van der Waals surface area (Å²) in [7, 11) is 1.77. The van der Waals surface area contributed by atoms with Crippen molar-refractivity contribution in [3.8, 4) is 0 Å². The average molecular weight is 242 g/mol. The maximum atomic E-state index is 11.6. The van der Waals surface area contributed by atoms with Crippen LogP contribution < -0.4 is 5.32 Å². The van der Waals surface area contributed by atoms with Crippen LogP contribution in [-0.4, -0.2) is 42.1 Å². The molecule has 1 aliphatic heterocycles. The number of nitrogens with zero attached hydrogens (tertiary/aromatic N) is 1. The lowest BCUT2D eigenvalue weighted by Gasteiger charge is -2.34. The fourth-order valence-corrected chi connectivity index (χ4v) is 1.81. The molecule has 1 N–H and O–H groups in total. The predicted octanol–water partition coefficient (Wildman–Crippen LogP) is 1.38. The van der Waals surface area contributed by atoms with Gasteiger partial charge in [-0.05, 0) is 20.8 Å². The van der Waals surface area contributed by atoms with Crippen molar-refractivity contribution in [2.45, 2.75) is 45.8 Å². The largest absolute Gasteiger partial charge is 0.445 e. The summed E-state index contributed by atoms with van der Waals surface area (Å²) in [5, 5.41) is 2.73. The highest BCUT2D eigenvalue weighted by Crippen LogP contribution is 2.20. The molecule has 5 nitrogen and oxygen atoms in total. The Morgan fingerprint density at radius 2 is 2.06 bits per heavy atom. The monoisotopic (exact) mass is 242 g/mol. The number of amides is 2. The highest BCUT2D eigenvalue weighted by atomic mass is 16.6. The number of hydrogen-bond donors (Lipinski definition) is 1. The van der Waals surface area contributed by atoms with Crippen molar-refractivity contribution >= 4 is 12.0 Å². The van der Waals surface area contributed by atoms with Crippen LogP contribution in [0.15, 0.2) is 0 Å². The molecule has 17 heavy (non-hydrogen) atoms. The van der Waals surface area contributed by atoms with Gasteiger partial charge in [0.2, 0.25) is 5.91 Å². The lowest BCUT2D eigenvalue weighted by molar-refractivity contribution is -0.138. The summed E-state index contributed by atoms with van der Waals surface area (Å²) in [6, 6.07) is 0. The molecule has 2 atom stereocenters. The second kappa shape index (κ2) is 4.94. The molecule has 0 unspecified atom stereocenters. The van der Waals surface area contributed by atoms with Crippen molar-refractivity contribution in [3.05, 3.63) is 0 Å². The van der Waals surface area contributed by atoms with Crippen LogP contribution in [-0.2, 0) is 9.53 Å². The van der Waals surface area contributed by atoms with Crippen molar-refractivity contribution in [1.82, 2.24) is 10.2 Å². The molecule has 0 spiro atoms. The second-order valence-electron chi connectivity index (χ2n) is 5.77. The Morgan fingerprint density at radius 3 is 2.59 bits per heavy atom. The highest BCUT2D eigenvalue weighted by molar-refractivity contribution is 5.78. The van der Waals surface area contributed by atoms with E-state index in [1.54, 1.807) is 11.9 Å². The van der Waals surface area contributed by atoms with E-state index in [9.17, 15) is 9.59 Å². The average Bonchev–Trinajstić information content (AvgIpc) is 2.11. The fraction of sp³-hybridized carbons (Fsp3) is 0.833. The molecule has 0 aromatic carbocycles. The van der Waals surface area contributed by atoms with Crippen molar-refractivity contribution in [3.63, 3.8) is 0 Å². The van der Waals surface area contributed by atoms with E-state index in [4.69, 9.17) is 4.74 Å². The summed E-state index contributed by atoms with van der Waals surface area (Å²) in [4.78, 5) is 24.8. The van der Waals surface area contributed by atoms with Crippen LogP contribution in [0.25, 0.3) is 0 Å². The Labute approximate surface area is 102 Å². The molecule has 0 radical (unpaired) electrons. The van der Waals surface area contributed by atoms with Crippen LogP contribution in [0.1, 0.15) is 34.1 Å². The van der Waals surface area contributed by atoms with Crippen LogP contribution in [0.4, 0.5) is 4.79 Å². The molecule has 5 heteroatoms. The molecular weight excluding hydrogens is 220 g/mol. The van der Waals surface area contributed by atoms with Gasteiger partial charge in [-0.15, -0.1) is 0 Å². The number of piperidine rings is 1. The van der Waals surface area contributed by atoms with E-state index in [0.717, 1.165) is 0 Å². The quantitative estimate of drug-likeness (QED) is 0.755. The Bertz CT molecular complexity index is 309. The minimum absolute atomic E-state index is 0.0247. The van der Waals surface area contributed by atoms with Crippen LogP contribution >= 0.6 is 0 Å². The molecule has 1 saturated heterocycles. The number of nitrogens with one attached hydrogen (secondary N) is 1. The maximum absolute atomic E-state index is 11.6. The first-order valence-electron chi connectivity index (χ1n) is 5.92. The van der Waals surface area contributed by atoms with Crippen molar-refractivity contribution in [2.75, 3.05) is 13.6 Å². The van der Waals surface area contributed by atoms with Crippen molar-refractivity contribution in [1.29, 1.82) is 0 Å². The van der Waals surface area contributed by atoms with Gasteiger partial charge in [0.25, 0.3) is 0 Å². The fourth-order valence-electron chi connectivity index (χ4n) is 1.81. The van der Waals surface area contributed by atoms with Crippen molar-refractivity contribution in [2.24, 2.45) is 5.92 Å². The van der Waals surface area contributed by atoms with Gasteiger partial charge in [0.15, 0.2) is 0 Å². The smallest absolute Gasteiger partial charge is 0.407 e. The lowest BCUT2D eigenvalue weighted by atomic mass is 9.96. The zero-order valence-electron chi connectivity index (χ0n) is 11.2. The number of rotatable bonds is 1. The zero-order chi connectivity index (χ0) is 13.2. The number of alkyl carbamates (subject to hydrolysis) is 1. The molecular formula is C12H22N2O3. The van der Waals surface area contributed by atoms with Gasteiger partial charge in [-0.25, -0.2) is 4.79 Å². The molecule has 98 valence electrons. The van der Waals surface area contributed by atoms with Crippen LogP contribution in [0, 0.1) is 5.92 Å². The molecule has 1 aliphatic rings. The second-order valence-corrected chi connectivity index (χ2v) is 5.77. The number of ether oxygens (including phenoxy) is 1. The van der Waals surface area contributed by atoms with Gasteiger partial charge in [-0.1, -0.05) is 6.92 Å². The van der Waals surface area contributed by atoms with E-state index in [2.05, 4.69) is 5.32 Å². The minimum atomic E-state index is -0.452. The first-order valence-corrected chi connectivity index (χ1v) is 5.92. The van der Waals surface area contributed by atoms with E-state index in [1.165, 1.54) is 0 Å². The maximum Gasteiger partial charge on any atom is 0.407 e. The van der Waals surface area contributed by atoms with E-state index >= 15 is 0 Å². The van der Waals surface area contributed by atoms with Gasteiger partial charge in [0.1, 0.15) is 6.10 Å². The first kappa shape index (κ1) is 13.8. The normalized spacial score (nSPS) is 25.7. The molecule has 0 aromatic rings. The Hall–Kier alpha value is -1.26. The standard InChI is InChI=1S/C12H22N2O3/c1-8-7-14(5)10(15)6-9(8)17-11(16)13-12(2,3)4/h8-9H,6-7H2,1-5H3,(H,13,16)/t8-,9+/m0/s1. The number of carbonyl (C=O) groups is 2. The third-order valence-electron chi connectivity index (χ3n) is 2.73. The summed E-state index contributed by atoms with van der Waals surface area (Å²) >= 11 is 0. The summed E-state index contributed by atoms with van der Waals surface area (Å²) in [5.41, 5.74) is -0.324. The molecule has 1 heterocycles. The molecule has 1 fully saturated rings.